The van der Waals surface area contributed by atoms with Gasteiger partial charge in [-0.3, -0.25) is 9.59 Å². The molecular formula is C25H39N3O3. The number of nitrogens with one attached hydrogen (secondary N) is 2. The molecule has 0 unspecified atom stereocenters. The topological polar surface area (TPSA) is 70.7 Å². The molecule has 2 fully saturated rings. The molecule has 3 rings (SSSR count). The first kappa shape index (κ1) is 23.6. The van der Waals surface area contributed by atoms with Crippen molar-refractivity contribution in [2.75, 3.05) is 36.5 Å². The van der Waals surface area contributed by atoms with Crippen molar-refractivity contribution in [3.05, 3.63) is 23.8 Å². The normalized spacial score (nSPS) is 20.0. The highest BCUT2D eigenvalue weighted by atomic mass is 16.5. The van der Waals surface area contributed by atoms with Gasteiger partial charge in [-0.05, 0) is 61.6 Å². The van der Waals surface area contributed by atoms with Crippen LogP contribution in [0.5, 0.6) is 0 Å². The van der Waals surface area contributed by atoms with Crippen molar-refractivity contribution in [1.82, 2.24) is 5.32 Å². The summed E-state index contributed by atoms with van der Waals surface area (Å²) in [5.41, 5.74) is 2.45. The van der Waals surface area contributed by atoms with Crippen LogP contribution in [0.2, 0.25) is 0 Å². The van der Waals surface area contributed by atoms with E-state index in [0.29, 0.717) is 30.1 Å². The Morgan fingerprint density at radius 1 is 1.19 bits per heavy atom. The Bertz CT molecular complexity index is 760. The molecule has 2 saturated heterocycles. The predicted octanol–water partition coefficient (Wildman–Crippen LogP) is 4.60. The molecule has 2 amide bonds. The minimum atomic E-state index is -0.102. The zero-order valence-corrected chi connectivity index (χ0v) is 19.6. The second-order valence-electron chi connectivity index (χ2n) is 10.4. The van der Waals surface area contributed by atoms with E-state index in [2.05, 4.69) is 43.2 Å². The van der Waals surface area contributed by atoms with E-state index in [0.717, 1.165) is 57.5 Å². The maximum absolute atomic E-state index is 13.0. The molecule has 0 spiro atoms. The highest BCUT2D eigenvalue weighted by Crippen LogP contribution is 2.29. The molecule has 31 heavy (non-hydrogen) atoms. The van der Waals surface area contributed by atoms with Crippen LogP contribution in [0.15, 0.2) is 18.2 Å². The minimum Gasteiger partial charge on any atom is -0.376 e. The van der Waals surface area contributed by atoms with E-state index in [4.69, 9.17) is 4.74 Å². The quantitative estimate of drug-likeness (QED) is 0.634. The van der Waals surface area contributed by atoms with Gasteiger partial charge in [-0.2, -0.15) is 0 Å². The van der Waals surface area contributed by atoms with Crippen molar-refractivity contribution >= 4 is 23.2 Å². The maximum Gasteiger partial charge on any atom is 0.253 e. The SMILES string of the molecule is C[C@H](CC(=O)Nc1ccc(N2CCCC2)c(C(=O)NC[C@@H]2CCCO2)c1)CC(C)(C)C. The number of hydrogen-bond acceptors (Lipinski definition) is 4. The van der Waals surface area contributed by atoms with Crippen molar-refractivity contribution in [1.29, 1.82) is 0 Å². The molecule has 2 aliphatic rings. The van der Waals surface area contributed by atoms with E-state index >= 15 is 0 Å². The van der Waals surface area contributed by atoms with Gasteiger partial charge in [-0.15, -0.1) is 0 Å². The Morgan fingerprint density at radius 2 is 1.94 bits per heavy atom. The third-order valence-corrected chi connectivity index (χ3v) is 5.98. The summed E-state index contributed by atoms with van der Waals surface area (Å²) >= 11 is 0. The molecule has 0 radical (unpaired) electrons. The summed E-state index contributed by atoms with van der Waals surface area (Å²) in [5.74, 6) is 0.198. The first-order valence-electron chi connectivity index (χ1n) is 11.8. The van der Waals surface area contributed by atoms with Gasteiger partial charge in [0.25, 0.3) is 5.91 Å². The largest absolute Gasteiger partial charge is 0.376 e. The van der Waals surface area contributed by atoms with E-state index in [1.807, 2.05) is 18.2 Å². The first-order valence-corrected chi connectivity index (χ1v) is 11.8. The van der Waals surface area contributed by atoms with Crippen molar-refractivity contribution in [2.24, 2.45) is 11.3 Å². The molecule has 1 aromatic rings. The Hall–Kier alpha value is -2.08. The molecule has 0 aliphatic carbocycles. The van der Waals surface area contributed by atoms with Crippen LogP contribution < -0.4 is 15.5 Å². The van der Waals surface area contributed by atoms with Gasteiger partial charge < -0.3 is 20.3 Å². The summed E-state index contributed by atoms with van der Waals surface area (Å²) < 4.78 is 5.63. The number of rotatable bonds is 8. The summed E-state index contributed by atoms with van der Waals surface area (Å²) in [6.45, 7) is 11.9. The highest BCUT2D eigenvalue weighted by Gasteiger charge is 2.23. The molecule has 0 bridgehead atoms. The molecule has 2 N–H and O–H groups in total. The molecule has 6 nitrogen and oxygen atoms in total. The molecule has 0 saturated carbocycles. The lowest BCUT2D eigenvalue weighted by atomic mass is 9.84. The third-order valence-electron chi connectivity index (χ3n) is 5.98. The Kier molecular flexibility index (Phi) is 7.98. The van der Waals surface area contributed by atoms with Crippen LogP contribution in [-0.4, -0.2) is 44.2 Å². The molecule has 2 atom stereocenters. The number of carbonyl (C=O) groups excluding carboxylic acids is 2. The van der Waals surface area contributed by atoms with Gasteiger partial charge in [0.1, 0.15) is 0 Å². The number of anilines is 2. The highest BCUT2D eigenvalue weighted by molar-refractivity contribution is 6.02. The number of nitrogens with zero attached hydrogens (tertiary/aromatic N) is 1. The van der Waals surface area contributed by atoms with E-state index in [1.54, 1.807) is 0 Å². The predicted molar refractivity (Wildman–Crippen MR) is 126 cm³/mol. The van der Waals surface area contributed by atoms with Crippen LogP contribution in [0.25, 0.3) is 0 Å². The Labute approximate surface area is 187 Å². The molecule has 2 aliphatic heterocycles. The van der Waals surface area contributed by atoms with Gasteiger partial charge >= 0.3 is 0 Å². The fraction of sp³-hybridized carbons (Fsp3) is 0.680. The molecule has 1 aromatic carbocycles. The van der Waals surface area contributed by atoms with E-state index in [1.165, 1.54) is 0 Å². The average molecular weight is 430 g/mol. The smallest absolute Gasteiger partial charge is 0.253 e. The van der Waals surface area contributed by atoms with Crippen molar-refractivity contribution in [3.63, 3.8) is 0 Å². The van der Waals surface area contributed by atoms with Crippen LogP contribution in [-0.2, 0) is 9.53 Å². The van der Waals surface area contributed by atoms with Crippen LogP contribution >= 0.6 is 0 Å². The standard InChI is InChI=1S/C25H39N3O3/c1-18(16-25(2,3)4)14-23(29)27-19-9-10-22(28-11-5-6-12-28)21(15-19)24(30)26-17-20-8-7-13-31-20/h9-10,15,18,20H,5-8,11-14,16-17H2,1-4H3,(H,26,30)(H,27,29)/t18-,20+/m1/s1. The second-order valence-corrected chi connectivity index (χ2v) is 10.4. The zero-order valence-electron chi connectivity index (χ0n) is 19.6. The maximum atomic E-state index is 13.0. The number of ether oxygens (including phenoxy) is 1. The fourth-order valence-corrected chi connectivity index (χ4v) is 4.78. The Morgan fingerprint density at radius 3 is 2.58 bits per heavy atom. The van der Waals surface area contributed by atoms with E-state index < -0.39 is 0 Å². The average Bonchev–Trinajstić information content (AvgIpc) is 3.38. The van der Waals surface area contributed by atoms with Gasteiger partial charge in [0.05, 0.1) is 11.7 Å². The van der Waals surface area contributed by atoms with Crippen LogP contribution in [0.3, 0.4) is 0 Å². The lowest BCUT2D eigenvalue weighted by Gasteiger charge is -2.23. The molecular weight excluding hydrogens is 390 g/mol. The Balaban J connectivity index is 1.68. The summed E-state index contributed by atoms with van der Waals surface area (Å²) in [4.78, 5) is 27.9. The summed E-state index contributed by atoms with van der Waals surface area (Å²) in [5, 5.41) is 6.05. The monoisotopic (exact) mass is 429 g/mol. The molecule has 0 aromatic heterocycles. The minimum absolute atomic E-state index is 0.00335. The van der Waals surface area contributed by atoms with Gasteiger partial charge in [0, 0.05) is 44.0 Å². The zero-order chi connectivity index (χ0) is 22.4. The molecule has 2 heterocycles. The number of benzene rings is 1. The van der Waals surface area contributed by atoms with Crippen LogP contribution in [0.4, 0.5) is 11.4 Å². The molecule has 172 valence electrons. The number of hydrogen-bond donors (Lipinski definition) is 2. The van der Waals surface area contributed by atoms with Crippen molar-refractivity contribution < 1.29 is 14.3 Å². The first-order chi connectivity index (χ1) is 14.7. The van der Waals surface area contributed by atoms with Gasteiger partial charge in [-0.25, -0.2) is 0 Å². The lowest BCUT2D eigenvalue weighted by Crippen LogP contribution is -2.33. The van der Waals surface area contributed by atoms with E-state index in [9.17, 15) is 9.59 Å². The fourth-order valence-electron chi connectivity index (χ4n) is 4.78. The van der Waals surface area contributed by atoms with E-state index in [-0.39, 0.29) is 23.3 Å². The van der Waals surface area contributed by atoms with Crippen molar-refractivity contribution in [2.45, 2.75) is 72.3 Å². The summed E-state index contributed by atoms with van der Waals surface area (Å²) in [7, 11) is 0. The summed E-state index contributed by atoms with van der Waals surface area (Å²) in [6, 6.07) is 5.71. The van der Waals surface area contributed by atoms with Crippen LogP contribution in [0, 0.1) is 11.3 Å². The van der Waals surface area contributed by atoms with Gasteiger partial charge in [0.2, 0.25) is 5.91 Å². The van der Waals surface area contributed by atoms with Gasteiger partial charge in [0.15, 0.2) is 0 Å². The lowest BCUT2D eigenvalue weighted by molar-refractivity contribution is -0.117. The van der Waals surface area contributed by atoms with Crippen LogP contribution in [0.1, 0.15) is 76.6 Å². The van der Waals surface area contributed by atoms with Crippen molar-refractivity contribution in [3.8, 4) is 0 Å². The number of amides is 2. The summed E-state index contributed by atoms with van der Waals surface area (Å²) in [6.07, 6.45) is 5.89. The van der Waals surface area contributed by atoms with Gasteiger partial charge in [-0.1, -0.05) is 27.7 Å². The third kappa shape index (κ3) is 7.23. The number of carbonyl (C=O) groups is 2. The molecule has 6 heteroatoms. The second kappa shape index (κ2) is 10.5.